The van der Waals surface area contributed by atoms with Crippen molar-refractivity contribution in [1.29, 1.82) is 0 Å². The minimum atomic E-state index is -2.44. The number of ether oxygens (including phenoxy) is 1. The Kier molecular flexibility index (Phi) is 55.7. The molecule has 4 atom stereocenters. The van der Waals surface area contributed by atoms with Crippen LogP contribution >= 0.6 is 0 Å². The number of nitrogens with zero attached hydrogens (tertiary/aromatic N) is 13. The topological polar surface area (TPSA) is 70.1 Å². The number of pyridine rings is 1. The smallest absolute Gasteiger partial charge is 0.260 e. The van der Waals surface area contributed by atoms with Crippen molar-refractivity contribution in [2.45, 2.75) is 401 Å². The van der Waals surface area contributed by atoms with Crippen molar-refractivity contribution in [2.75, 3.05) is 149 Å². The third-order valence-electron chi connectivity index (χ3n) is 26.1. The number of hydrogen-bond acceptors (Lipinski definition) is 14. The number of piperazine rings is 1. The van der Waals surface area contributed by atoms with Crippen LogP contribution in [0.25, 0.3) is 0 Å². The number of likely N-dealkylation sites (tertiary alicyclic amines) is 7. The Balaban J connectivity index is 0.000000339. The lowest BCUT2D eigenvalue weighted by Crippen LogP contribution is -2.48. The fraction of sp³-hybridized carbons (Fsp3) is 0.835. The summed E-state index contributed by atoms with van der Waals surface area (Å²) in [6.07, 6.45) is 21.5. The highest BCUT2D eigenvalue weighted by atomic mass is 19.3. The Hall–Kier alpha value is -3.43. The van der Waals surface area contributed by atoms with E-state index in [4.69, 9.17) is 4.74 Å². The molecule has 0 radical (unpaired) electrons. The van der Waals surface area contributed by atoms with E-state index >= 15 is 0 Å². The Morgan fingerprint density at radius 3 is 1.02 bits per heavy atom. The van der Waals surface area contributed by atoms with Crippen LogP contribution in [-0.4, -0.2) is 288 Å². The molecule has 3 aromatic rings. The second kappa shape index (κ2) is 60.3. The van der Waals surface area contributed by atoms with E-state index in [1.54, 1.807) is 22.9 Å². The number of alkyl halides is 2. The van der Waals surface area contributed by atoms with E-state index in [0.717, 1.165) is 92.8 Å². The molecule has 0 bridgehead atoms. The summed E-state index contributed by atoms with van der Waals surface area (Å²) < 4.78 is 32.9. The molecule has 15 nitrogen and oxygen atoms in total. The lowest BCUT2D eigenvalue weighted by molar-refractivity contribution is -0.0764. The predicted octanol–water partition coefficient (Wildman–Crippen LogP) is 21.4. The SMILES string of the molecule is CC(C)N1CCC1.CC(C)N1CCCC(F)(F)C1.CC(C)N1CCCC1.CC(C)N1CCCCC1.CC(C)N1CCCCC1.CC(C)N1CCN(C)CC1.CC(C)N1CCc2ccccc21.CC(C)N1Cc2ccccc2C1.CC(C)n1ccccc1=O.CC1CC(C)CN(C(C)C)C1.CC1CCN(C(C)C)CC1.CC1CN(C(C)C)CC(C)O1. The summed E-state index contributed by atoms with van der Waals surface area (Å²) in [7, 11) is 2.19. The summed E-state index contributed by atoms with van der Waals surface area (Å²) in [6.45, 7) is 91.9. The zero-order valence-electron chi connectivity index (χ0n) is 84.0. The number of likely N-dealkylation sites (N-methyl/N-ethyl adjacent to an activating group) is 1. The van der Waals surface area contributed by atoms with Gasteiger partial charge in [0, 0.05) is 169 Å². The average molecular weight is 1690 g/mol. The number of aromatic nitrogens is 1. The number of rotatable bonds is 12. The third kappa shape index (κ3) is 45.8. The second-order valence-corrected chi connectivity index (χ2v) is 40.7. The predicted molar refractivity (Wildman–Crippen MR) is 520 cm³/mol. The van der Waals surface area contributed by atoms with Gasteiger partial charge in [-0.15, -0.1) is 0 Å². The molecule has 12 heterocycles. The first-order valence-electron chi connectivity index (χ1n) is 49.3. The largest absolute Gasteiger partial charge is 0.373 e. The monoisotopic (exact) mass is 1680 g/mol. The van der Waals surface area contributed by atoms with Gasteiger partial charge in [-0.1, -0.05) is 82.1 Å². The molecular weight excluding hydrogens is 1490 g/mol. The van der Waals surface area contributed by atoms with E-state index in [-0.39, 0.29) is 30.6 Å². The van der Waals surface area contributed by atoms with Crippen molar-refractivity contribution in [1.82, 2.24) is 58.5 Å². The van der Waals surface area contributed by atoms with Crippen LogP contribution in [0.1, 0.15) is 313 Å². The molecule has 120 heavy (non-hydrogen) atoms. The van der Waals surface area contributed by atoms with Crippen LogP contribution in [0.5, 0.6) is 0 Å². The first-order valence-corrected chi connectivity index (χ1v) is 49.3. The molecule has 9 fully saturated rings. The number of benzene rings is 2. The average Bonchev–Trinajstić information content (AvgIpc) is 1.70. The number of halogens is 2. The Morgan fingerprint density at radius 2 is 0.683 bits per heavy atom. The lowest BCUT2D eigenvalue weighted by Gasteiger charge is -2.37. The van der Waals surface area contributed by atoms with Gasteiger partial charge in [0.1, 0.15) is 0 Å². The molecule has 0 N–H and O–H groups in total. The zero-order chi connectivity index (χ0) is 89.8. The summed E-state index contributed by atoms with van der Waals surface area (Å²) in [5.74, 6) is 0.333. The third-order valence-corrected chi connectivity index (χ3v) is 26.1. The fourth-order valence-electron chi connectivity index (χ4n) is 17.6. The van der Waals surface area contributed by atoms with Gasteiger partial charge in [0.2, 0.25) is 0 Å². The molecule has 0 amide bonds. The van der Waals surface area contributed by atoms with E-state index in [0.29, 0.717) is 36.8 Å². The molecule has 698 valence electrons. The van der Waals surface area contributed by atoms with Crippen molar-refractivity contribution in [3.8, 4) is 0 Å². The number of morpholine rings is 1. The van der Waals surface area contributed by atoms with E-state index in [1.807, 2.05) is 38.7 Å². The summed E-state index contributed by atoms with van der Waals surface area (Å²) in [4.78, 5) is 40.5. The molecule has 0 saturated carbocycles. The van der Waals surface area contributed by atoms with Gasteiger partial charge in [-0.3, -0.25) is 24.4 Å². The number of hydrogen-bond donors (Lipinski definition) is 0. The van der Waals surface area contributed by atoms with Gasteiger partial charge in [-0.25, -0.2) is 8.78 Å². The number of anilines is 1. The van der Waals surface area contributed by atoms with Gasteiger partial charge in [0.15, 0.2) is 0 Å². The molecule has 17 heteroatoms. The fourth-order valence-corrected chi connectivity index (χ4v) is 17.6. The maximum absolute atomic E-state index is 12.8. The van der Waals surface area contributed by atoms with E-state index < -0.39 is 5.92 Å². The molecule has 11 aliphatic heterocycles. The maximum atomic E-state index is 12.8. The Labute approximate surface area is 741 Å². The van der Waals surface area contributed by atoms with Gasteiger partial charge < -0.3 is 48.5 Å². The van der Waals surface area contributed by atoms with Crippen molar-refractivity contribution in [2.24, 2.45) is 17.8 Å². The normalized spacial score (nSPS) is 23.1. The molecule has 9 saturated heterocycles. The minimum absolute atomic E-state index is 0.0509. The highest BCUT2D eigenvalue weighted by Gasteiger charge is 2.36. The van der Waals surface area contributed by atoms with E-state index in [1.165, 1.54) is 217 Å². The summed E-state index contributed by atoms with van der Waals surface area (Å²) in [6, 6.07) is 30.4. The van der Waals surface area contributed by atoms with Gasteiger partial charge in [-0.05, 0) is 383 Å². The van der Waals surface area contributed by atoms with Gasteiger partial charge >= 0.3 is 0 Å². The highest BCUT2D eigenvalue weighted by molar-refractivity contribution is 5.58. The minimum Gasteiger partial charge on any atom is -0.373 e. The van der Waals surface area contributed by atoms with Crippen molar-refractivity contribution < 1.29 is 13.5 Å². The van der Waals surface area contributed by atoms with Crippen molar-refractivity contribution >= 4 is 5.69 Å². The van der Waals surface area contributed by atoms with Crippen molar-refractivity contribution in [3.05, 3.63) is 100.0 Å². The molecule has 11 aliphatic rings. The summed E-state index contributed by atoms with van der Waals surface area (Å²) in [5.41, 5.74) is 6.02. The Bertz CT molecular complexity index is 2910. The van der Waals surface area contributed by atoms with Crippen LogP contribution in [0.3, 0.4) is 0 Å². The number of para-hydroxylation sites is 1. The van der Waals surface area contributed by atoms with Crippen LogP contribution in [0, 0.1) is 17.8 Å². The van der Waals surface area contributed by atoms with Crippen LogP contribution in [-0.2, 0) is 24.2 Å². The van der Waals surface area contributed by atoms with E-state index in [9.17, 15) is 13.6 Å². The molecular formula is C103H195F2N13O2. The van der Waals surface area contributed by atoms with Gasteiger partial charge in [0.25, 0.3) is 11.5 Å². The van der Waals surface area contributed by atoms with Crippen LogP contribution in [0.4, 0.5) is 14.5 Å². The molecule has 1 aromatic heterocycles. The molecule has 14 rings (SSSR count). The zero-order valence-corrected chi connectivity index (χ0v) is 84.0. The molecule has 0 spiro atoms. The molecule has 0 aliphatic carbocycles. The maximum Gasteiger partial charge on any atom is 0.260 e. The molecule has 4 unspecified atom stereocenters. The first-order chi connectivity index (χ1) is 56.6. The molecule has 2 aromatic carbocycles. The standard InChI is InChI=1S/2C11H15N.C10H21N.C9H19NO.C9H19N.C8H15F2N.C8H18N2.C8H11NO.2C8H17N.C7H15N.C6H13N/c1-9(2)12-7-10-5-3-4-6-11(10)8-12;1-9(2)12-8-7-10-5-3-4-6-11(10)12;1-8(2)11-6-9(3)5-10(4)7-11;1-7(2)10-5-8(3)11-9(4)6-10;1-8(2)10-6-4-9(3)5-7-10;1-7(2)11-5-3-4-8(9,10)6-11;1-8(2)10-6-4-9(3)5-7-10;1-7(2)9-6-4-3-5-8(9)10;2*1-8(2)9-6-4-3-5-7-9;1-7(2)8-5-3-4-6-8;1-6(2)7-4-3-5-7/h2*3-6,9H,7-8H2,1-2H3;8-10H,5-7H2,1-4H3;7-9H,5-6H2,1-4H3;8-9H,4-7H2,1-3H3;7H,3-6H2,1-2H3;8H,4-7H2,1-3H3;3-7H,1-2H3;2*8H,3-7H2,1-2H3;7H,3-6H2,1-2H3;6H,3-5H2,1-2H3. The Morgan fingerprint density at radius 1 is 0.333 bits per heavy atom. The lowest BCUT2D eigenvalue weighted by atomic mass is 9.91. The highest BCUT2D eigenvalue weighted by Crippen LogP contribution is 2.31. The second-order valence-electron chi connectivity index (χ2n) is 40.7. The van der Waals surface area contributed by atoms with Crippen molar-refractivity contribution in [3.63, 3.8) is 0 Å². The van der Waals surface area contributed by atoms with E-state index in [2.05, 4.69) is 283 Å². The summed E-state index contributed by atoms with van der Waals surface area (Å²) in [5, 5.41) is 0. The van der Waals surface area contributed by atoms with Crippen LogP contribution in [0.15, 0.2) is 77.7 Å². The van der Waals surface area contributed by atoms with Gasteiger partial charge in [0.05, 0.1) is 18.8 Å². The summed E-state index contributed by atoms with van der Waals surface area (Å²) >= 11 is 0. The number of fused-ring (bicyclic) bond motifs is 2. The quantitative estimate of drug-likeness (QED) is 0.173. The number of piperidine rings is 5. The van der Waals surface area contributed by atoms with Gasteiger partial charge in [-0.2, -0.15) is 0 Å². The first kappa shape index (κ1) is 111. The van der Waals surface area contributed by atoms with Crippen LogP contribution in [0.2, 0.25) is 0 Å². The van der Waals surface area contributed by atoms with Crippen LogP contribution < -0.4 is 10.5 Å².